The van der Waals surface area contributed by atoms with Gasteiger partial charge in [0.1, 0.15) is 5.82 Å². The molecular weight excluding hydrogens is 239 g/mol. The van der Waals surface area contributed by atoms with Crippen LogP contribution >= 0.6 is 0 Å². The van der Waals surface area contributed by atoms with Crippen LogP contribution in [0, 0.1) is 12.7 Å². The van der Waals surface area contributed by atoms with Gasteiger partial charge in [0.05, 0.1) is 0 Å². The molecule has 1 unspecified atom stereocenters. The molecule has 0 aliphatic carbocycles. The summed E-state index contributed by atoms with van der Waals surface area (Å²) in [5, 5.41) is 0. The zero-order valence-electron chi connectivity index (χ0n) is 11.4. The highest BCUT2D eigenvalue weighted by molar-refractivity contribution is 5.96. The topological polar surface area (TPSA) is 17.1 Å². The molecule has 0 amide bonds. The van der Waals surface area contributed by atoms with Crippen molar-refractivity contribution in [3.05, 3.63) is 70.5 Å². The van der Waals surface area contributed by atoms with Crippen LogP contribution in [0.1, 0.15) is 46.8 Å². The number of benzene rings is 2. The zero-order valence-corrected chi connectivity index (χ0v) is 11.4. The highest BCUT2D eigenvalue weighted by Crippen LogP contribution is 2.28. The molecule has 1 atom stereocenters. The molecule has 0 radical (unpaired) electrons. The maximum atomic E-state index is 13.0. The van der Waals surface area contributed by atoms with E-state index in [0.717, 1.165) is 22.3 Å². The van der Waals surface area contributed by atoms with E-state index in [9.17, 15) is 9.18 Å². The summed E-state index contributed by atoms with van der Waals surface area (Å²) >= 11 is 0. The summed E-state index contributed by atoms with van der Waals surface area (Å²) in [6.45, 7) is 5.62. The van der Waals surface area contributed by atoms with Crippen LogP contribution in [0.4, 0.5) is 4.39 Å². The van der Waals surface area contributed by atoms with Crippen LogP contribution in [0.25, 0.3) is 0 Å². The van der Waals surface area contributed by atoms with Crippen molar-refractivity contribution in [3.63, 3.8) is 0 Å². The van der Waals surface area contributed by atoms with E-state index in [1.54, 1.807) is 19.1 Å². The van der Waals surface area contributed by atoms with E-state index in [1.165, 1.54) is 12.1 Å². The van der Waals surface area contributed by atoms with Crippen molar-refractivity contribution in [1.82, 2.24) is 0 Å². The van der Waals surface area contributed by atoms with Crippen LogP contribution in [0.3, 0.4) is 0 Å². The van der Waals surface area contributed by atoms with Crippen LogP contribution < -0.4 is 0 Å². The van der Waals surface area contributed by atoms with Gasteiger partial charge >= 0.3 is 0 Å². The molecule has 2 aromatic carbocycles. The Hall–Kier alpha value is -1.96. The standard InChI is InChI=1S/C17H17FO/c1-11-4-9-16(13(3)19)17(10-11)12(2)14-5-7-15(18)8-6-14/h4-10,12H,1-3H3. The van der Waals surface area contributed by atoms with Crippen molar-refractivity contribution in [1.29, 1.82) is 0 Å². The van der Waals surface area contributed by atoms with Crippen molar-refractivity contribution in [2.75, 3.05) is 0 Å². The Balaban J connectivity index is 2.48. The van der Waals surface area contributed by atoms with E-state index < -0.39 is 0 Å². The molecule has 0 aliphatic rings. The molecule has 2 rings (SSSR count). The first-order chi connectivity index (χ1) is 8.99. The number of hydrogen-bond acceptors (Lipinski definition) is 1. The number of carbonyl (C=O) groups is 1. The predicted octanol–water partition coefficient (Wildman–Crippen LogP) is 4.49. The van der Waals surface area contributed by atoms with Crippen LogP contribution in [-0.4, -0.2) is 5.78 Å². The summed E-state index contributed by atoms with van der Waals surface area (Å²) in [5.41, 5.74) is 3.87. The van der Waals surface area contributed by atoms with Gasteiger partial charge in [0.25, 0.3) is 0 Å². The molecule has 0 saturated heterocycles. The van der Waals surface area contributed by atoms with Gasteiger partial charge in [-0.25, -0.2) is 4.39 Å². The predicted molar refractivity (Wildman–Crippen MR) is 75.1 cm³/mol. The highest BCUT2D eigenvalue weighted by atomic mass is 19.1. The molecule has 19 heavy (non-hydrogen) atoms. The molecule has 0 heterocycles. The fourth-order valence-corrected chi connectivity index (χ4v) is 2.29. The Morgan fingerprint density at radius 2 is 1.74 bits per heavy atom. The van der Waals surface area contributed by atoms with Gasteiger partial charge in [0.15, 0.2) is 5.78 Å². The maximum absolute atomic E-state index is 13.0. The Bertz CT molecular complexity index is 599. The van der Waals surface area contributed by atoms with Gasteiger partial charge in [-0.2, -0.15) is 0 Å². The molecule has 0 bridgehead atoms. The summed E-state index contributed by atoms with van der Waals surface area (Å²) in [5.74, 6) is -0.115. The summed E-state index contributed by atoms with van der Waals surface area (Å²) in [6.07, 6.45) is 0. The monoisotopic (exact) mass is 256 g/mol. The number of halogens is 1. The summed E-state index contributed by atoms with van der Waals surface area (Å²) in [6, 6.07) is 12.3. The van der Waals surface area contributed by atoms with Gasteiger partial charge < -0.3 is 0 Å². The third kappa shape index (κ3) is 2.90. The SMILES string of the molecule is CC(=O)c1ccc(C)cc1C(C)c1ccc(F)cc1. The first kappa shape index (κ1) is 13.5. The zero-order chi connectivity index (χ0) is 14.0. The lowest BCUT2D eigenvalue weighted by atomic mass is 9.87. The van der Waals surface area contributed by atoms with E-state index >= 15 is 0 Å². The van der Waals surface area contributed by atoms with Crippen molar-refractivity contribution < 1.29 is 9.18 Å². The van der Waals surface area contributed by atoms with Gasteiger partial charge in [-0.15, -0.1) is 0 Å². The Labute approximate surface area is 113 Å². The minimum atomic E-state index is -0.244. The van der Waals surface area contributed by atoms with Crippen molar-refractivity contribution in [3.8, 4) is 0 Å². The van der Waals surface area contributed by atoms with E-state index in [1.807, 2.05) is 32.0 Å². The summed E-state index contributed by atoms with van der Waals surface area (Å²) in [4.78, 5) is 11.7. The molecule has 0 aliphatic heterocycles. The smallest absolute Gasteiger partial charge is 0.160 e. The normalized spacial score (nSPS) is 12.2. The first-order valence-corrected chi connectivity index (χ1v) is 6.36. The average Bonchev–Trinajstić information content (AvgIpc) is 2.38. The second-order valence-electron chi connectivity index (χ2n) is 4.92. The third-order valence-corrected chi connectivity index (χ3v) is 3.42. The molecule has 0 fully saturated rings. The molecular formula is C17H17FO. The lowest BCUT2D eigenvalue weighted by Gasteiger charge is -2.16. The number of hydrogen-bond donors (Lipinski definition) is 0. The molecule has 98 valence electrons. The Morgan fingerprint density at radius 1 is 1.11 bits per heavy atom. The minimum Gasteiger partial charge on any atom is -0.295 e. The molecule has 0 spiro atoms. The molecule has 0 aromatic heterocycles. The number of Topliss-reactive ketones (excluding diaryl/α,β-unsaturated/α-hetero) is 1. The van der Waals surface area contributed by atoms with Crippen LogP contribution in [-0.2, 0) is 0 Å². The highest BCUT2D eigenvalue weighted by Gasteiger charge is 2.15. The van der Waals surface area contributed by atoms with Gasteiger partial charge in [-0.05, 0) is 37.1 Å². The van der Waals surface area contributed by atoms with Crippen LogP contribution in [0.15, 0.2) is 42.5 Å². The van der Waals surface area contributed by atoms with E-state index in [-0.39, 0.29) is 17.5 Å². The number of aryl methyl sites for hydroxylation is 1. The lowest BCUT2D eigenvalue weighted by molar-refractivity contribution is 0.101. The molecule has 0 saturated carbocycles. The van der Waals surface area contributed by atoms with Crippen molar-refractivity contribution in [2.45, 2.75) is 26.7 Å². The lowest BCUT2D eigenvalue weighted by Crippen LogP contribution is -2.05. The fourth-order valence-electron chi connectivity index (χ4n) is 2.29. The Kier molecular flexibility index (Phi) is 3.79. The second kappa shape index (κ2) is 5.35. The fraction of sp³-hybridized carbons (Fsp3) is 0.235. The van der Waals surface area contributed by atoms with Crippen LogP contribution in [0.5, 0.6) is 0 Å². The number of carbonyl (C=O) groups excluding carboxylic acids is 1. The van der Waals surface area contributed by atoms with Gasteiger partial charge in [0, 0.05) is 11.5 Å². The summed E-state index contributed by atoms with van der Waals surface area (Å²) in [7, 11) is 0. The Morgan fingerprint density at radius 3 is 2.32 bits per heavy atom. The van der Waals surface area contributed by atoms with Crippen molar-refractivity contribution >= 4 is 5.78 Å². The van der Waals surface area contributed by atoms with Gasteiger partial charge in [0.2, 0.25) is 0 Å². The average molecular weight is 256 g/mol. The van der Waals surface area contributed by atoms with E-state index in [2.05, 4.69) is 0 Å². The maximum Gasteiger partial charge on any atom is 0.160 e. The largest absolute Gasteiger partial charge is 0.295 e. The van der Waals surface area contributed by atoms with E-state index in [0.29, 0.717) is 0 Å². The molecule has 0 N–H and O–H groups in total. The first-order valence-electron chi connectivity index (χ1n) is 6.36. The molecule has 1 nitrogen and oxygen atoms in total. The van der Waals surface area contributed by atoms with Crippen molar-refractivity contribution in [2.24, 2.45) is 0 Å². The third-order valence-electron chi connectivity index (χ3n) is 3.42. The van der Waals surface area contributed by atoms with Gasteiger partial charge in [-0.1, -0.05) is 42.8 Å². The van der Waals surface area contributed by atoms with Gasteiger partial charge in [-0.3, -0.25) is 4.79 Å². The molecule has 2 aromatic rings. The van der Waals surface area contributed by atoms with Crippen LogP contribution in [0.2, 0.25) is 0 Å². The number of rotatable bonds is 3. The number of ketones is 1. The minimum absolute atomic E-state index is 0.0592. The molecule has 2 heteroatoms. The van der Waals surface area contributed by atoms with E-state index in [4.69, 9.17) is 0 Å². The quantitative estimate of drug-likeness (QED) is 0.739. The second-order valence-corrected chi connectivity index (χ2v) is 4.92. The summed E-state index contributed by atoms with van der Waals surface area (Å²) < 4.78 is 13.0.